The fourth-order valence-corrected chi connectivity index (χ4v) is 3.68. The lowest BCUT2D eigenvalue weighted by Crippen LogP contribution is -2.44. The molecule has 7 nitrogen and oxygen atoms in total. The molecule has 1 amide bonds. The molecule has 1 aliphatic heterocycles. The molecule has 0 radical (unpaired) electrons. The van der Waals surface area contributed by atoms with Crippen LogP contribution in [0, 0.1) is 0 Å². The van der Waals surface area contributed by atoms with Crippen LogP contribution in [0.15, 0.2) is 46.9 Å². The molecule has 4 rings (SSSR count). The quantitative estimate of drug-likeness (QED) is 0.533. The number of amides is 1. The van der Waals surface area contributed by atoms with Crippen LogP contribution in [0.1, 0.15) is 29.8 Å². The molecule has 1 aromatic heterocycles. The van der Waals surface area contributed by atoms with Crippen molar-refractivity contribution in [1.29, 1.82) is 0 Å². The maximum absolute atomic E-state index is 11.5. The summed E-state index contributed by atoms with van der Waals surface area (Å²) in [6, 6.07) is 13.0. The first-order chi connectivity index (χ1) is 13.5. The Morgan fingerprint density at radius 3 is 2.57 bits per heavy atom. The topological polar surface area (TPSA) is 87.8 Å². The van der Waals surface area contributed by atoms with E-state index in [-0.39, 0.29) is 12.2 Å². The Labute approximate surface area is 162 Å². The second-order valence-electron chi connectivity index (χ2n) is 7.29. The van der Waals surface area contributed by atoms with Gasteiger partial charge in [-0.2, -0.15) is 0 Å². The SMILES string of the molecule is C[C@@H]1CN(Cc2ccc(-c3nc4cc(C(=O)NO)ccc4o3)cc2)C[C@H](C)O1. The van der Waals surface area contributed by atoms with Crippen molar-refractivity contribution < 1.29 is 19.2 Å². The molecule has 7 heteroatoms. The molecule has 0 saturated carbocycles. The third-order valence-electron chi connectivity index (χ3n) is 4.85. The lowest BCUT2D eigenvalue weighted by atomic mass is 10.1. The second-order valence-corrected chi connectivity index (χ2v) is 7.29. The number of carbonyl (C=O) groups excluding carboxylic acids is 1. The molecule has 0 unspecified atom stereocenters. The van der Waals surface area contributed by atoms with Gasteiger partial charge in [-0.15, -0.1) is 0 Å². The summed E-state index contributed by atoms with van der Waals surface area (Å²) in [7, 11) is 0. The maximum Gasteiger partial charge on any atom is 0.274 e. The highest BCUT2D eigenvalue weighted by Gasteiger charge is 2.22. The molecule has 2 aromatic carbocycles. The van der Waals surface area contributed by atoms with Gasteiger partial charge in [0.2, 0.25) is 5.89 Å². The van der Waals surface area contributed by atoms with E-state index < -0.39 is 5.91 Å². The maximum atomic E-state index is 11.5. The van der Waals surface area contributed by atoms with Crippen LogP contribution in [-0.4, -0.2) is 46.3 Å². The average Bonchev–Trinajstić information content (AvgIpc) is 3.10. The molecule has 1 fully saturated rings. The molecule has 3 aromatic rings. The number of nitrogens with zero attached hydrogens (tertiary/aromatic N) is 2. The zero-order valence-electron chi connectivity index (χ0n) is 15.9. The Hall–Kier alpha value is -2.74. The van der Waals surface area contributed by atoms with Gasteiger partial charge in [0.25, 0.3) is 5.91 Å². The molecule has 28 heavy (non-hydrogen) atoms. The number of hydrogen-bond donors (Lipinski definition) is 2. The molecule has 146 valence electrons. The summed E-state index contributed by atoms with van der Waals surface area (Å²) < 4.78 is 11.6. The fourth-order valence-electron chi connectivity index (χ4n) is 3.68. The predicted molar refractivity (Wildman–Crippen MR) is 104 cm³/mol. The summed E-state index contributed by atoms with van der Waals surface area (Å²) >= 11 is 0. The van der Waals surface area contributed by atoms with Gasteiger partial charge >= 0.3 is 0 Å². The first kappa shape index (κ1) is 18.6. The van der Waals surface area contributed by atoms with Gasteiger partial charge in [-0.3, -0.25) is 14.9 Å². The van der Waals surface area contributed by atoms with E-state index in [1.807, 2.05) is 12.1 Å². The van der Waals surface area contributed by atoms with E-state index in [9.17, 15) is 4.79 Å². The first-order valence-corrected chi connectivity index (χ1v) is 9.34. The monoisotopic (exact) mass is 381 g/mol. The third-order valence-corrected chi connectivity index (χ3v) is 4.85. The normalized spacial score (nSPS) is 20.4. The molecule has 2 N–H and O–H groups in total. The van der Waals surface area contributed by atoms with Crippen LogP contribution in [-0.2, 0) is 11.3 Å². The summed E-state index contributed by atoms with van der Waals surface area (Å²) in [6.07, 6.45) is 0.501. The first-order valence-electron chi connectivity index (χ1n) is 9.34. The second kappa shape index (κ2) is 7.71. The minimum absolute atomic E-state index is 0.251. The molecule has 0 aliphatic carbocycles. The van der Waals surface area contributed by atoms with E-state index >= 15 is 0 Å². The van der Waals surface area contributed by atoms with E-state index in [0.29, 0.717) is 22.6 Å². The number of ether oxygens (including phenoxy) is 1. The van der Waals surface area contributed by atoms with E-state index in [1.165, 1.54) is 5.56 Å². The number of rotatable bonds is 4. The minimum atomic E-state index is -0.581. The lowest BCUT2D eigenvalue weighted by molar-refractivity contribution is -0.0704. The third kappa shape index (κ3) is 3.91. The van der Waals surface area contributed by atoms with Crippen LogP contribution in [0.3, 0.4) is 0 Å². The minimum Gasteiger partial charge on any atom is -0.436 e. The molecule has 2 heterocycles. The Balaban J connectivity index is 1.51. The molecule has 1 saturated heterocycles. The largest absolute Gasteiger partial charge is 0.436 e. The van der Waals surface area contributed by atoms with Crippen molar-refractivity contribution in [2.45, 2.75) is 32.6 Å². The highest BCUT2D eigenvalue weighted by Crippen LogP contribution is 2.26. The number of aromatic nitrogens is 1. The van der Waals surface area contributed by atoms with Gasteiger partial charge in [0.1, 0.15) is 5.52 Å². The van der Waals surface area contributed by atoms with Crippen molar-refractivity contribution >= 4 is 17.0 Å². The van der Waals surface area contributed by atoms with Crippen molar-refractivity contribution in [2.24, 2.45) is 0 Å². The van der Waals surface area contributed by atoms with Gasteiger partial charge in [-0.05, 0) is 49.7 Å². The summed E-state index contributed by atoms with van der Waals surface area (Å²) in [6.45, 7) is 6.96. The number of benzene rings is 2. The van der Waals surface area contributed by atoms with Crippen LogP contribution < -0.4 is 5.48 Å². The number of oxazole rings is 1. The van der Waals surface area contributed by atoms with Crippen molar-refractivity contribution in [3.63, 3.8) is 0 Å². The van der Waals surface area contributed by atoms with Gasteiger partial charge in [0, 0.05) is 30.8 Å². The smallest absolute Gasteiger partial charge is 0.274 e. The van der Waals surface area contributed by atoms with Crippen molar-refractivity contribution in [1.82, 2.24) is 15.4 Å². The number of fused-ring (bicyclic) bond motifs is 1. The lowest BCUT2D eigenvalue weighted by Gasteiger charge is -2.35. The fraction of sp³-hybridized carbons (Fsp3) is 0.333. The highest BCUT2D eigenvalue weighted by molar-refractivity contribution is 5.96. The number of hydroxylamine groups is 1. The van der Waals surface area contributed by atoms with Crippen LogP contribution in [0.5, 0.6) is 0 Å². The average molecular weight is 381 g/mol. The predicted octanol–water partition coefficient (Wildman–Crippen LogP) is 3.22. The summed E-state index contributed by atoms with van der Waals surface area (Å²) in [4.78, 5) is 18.4. The Morgan fingerprint density at radius 1 is 1.18 bits per heavy atom. The van der Waals surface area contributed by atoms with Crippen molar-refractivity contribution in [2.75, 3.05) is 13.1 Å². The van der Waals surface area contributed by atoms with E-state index in [0.717, 1.165) is 25.2 Å². The van der Waals surface area contributed by atoms with E-state index in [2.05, 4.69) is 35.9 Å². The number of hydrogen-bond acceptors (Lipinski definition) is 6. The van der Waals surface area contributed by atoms with E-state index in [4.69, 9.17) is 14.4 Å². The van der Waals surface area contributed by atoms with Crippen LogP contribution >= 0.6 is 0 Å². The van der Waals surface area contributed by atoms with Crippen LogP contribution in [0.4, 0.5) is 0 Å². The Morgan fingerprint density at radius 2 is 1.89 bits per heavy atom. The van der Waals surface area contributed by atoms with Crippen LogP contribution in [0.25, 0.3) is 22.6 Å². The standard InChI is InChI=1S/C21H23N3O4/c1-13-10-24(11-14(2)27-13)12-15-3-5-16(6-4-15)21-22-18-9-17(20(25)23-26)7-8-19(18)28-21/h3-9,13-14,26H,10-12H2,1-2H3,(H,23,25)/t13-,14+. The zero-order chi connectivity index (χ0) is 19.7. The number of nitrogens with one attached hydrogen (secondary N) is 1. The van der Waals surface area contributed by atoms with Gasteiger partial charge in [0.15, 0.2) is 5.58 Å². The zero-order valence-corrected chi connectivity index (χ0v) is 15.9. The van der Waals surface area contributed by atoms with Crippen molar-refractivity contribution in [3.05, 3.63) is 53.6 Å². The molecular formula is C21H23N3O4. The summed E-state index contributed by atoms with van der Waals surface area (Å²) in [5, 5.41) is 8.76. The van der Waals surface area contributed by atoms with Crippen LogP contribution in [0.2, 0.25) is 0 Å². The number of morpholine rings is 1. The highest BCUT2D eigenvalue weighted by atomic mass is 16.5. The van der Waals surface area contributed by atoms with Gasteiger partial charge in [-0.1, -0.05) is 12.1 Å². The summed E-state index contributed by atoms with van der Waals surface area (Å²) in [5.74, 6) is -0.0840. The number of carbonyl (C=O) groups is 1. The van der Waals surface area contributed by atoms with Gasteiger partial charge in [-0.25, -0.2) is 10.5 Å². The molecule has 0 spiro atoms. The Kier molecular flexibility index (Phi) is 5.13. The van der Waals surface area contributed by atoms with Gasteiger partial charge in [0.05, 0.1) is 12.2 Å². The summed E-state index contributed by atoms with van der Waals surface area (Å²) in [5.41, 5.74) is 5.19. The Bertz CT molecular complexity index is 973. The van der Waals surface area contributed by atoms with Gasteiger partial charge < -0.3 is 9.15 Å². The molecular weight excluding hydrogens is 358 g/mol. The van der Waals surface area contributed by atoms with E-state index in [1.54, 1.807) is 23.7 Å². The molecule has 0 bridgehead atoms. The molecule has 1 aliphatic rings. The van der Waals surface area contributed by atoms with Crippen molar-refractivity contribution in [3.8, 4) is 11.5 Å². The molecule has 2 atom stereocenters.